The lowest BCUT2D eigenvalue weighted by atomic mass is 10.2. The van der Waals surface area contributed by atoms with Crippen LogP contribution in [0.1, 0.15) is 27.2 Å². The van der Waals surface area contributed by atoms with Crippen molar-refractivity contribution in [3.63, 3.8) is 0 Å². The van der Waals surface area contributed by atoms with Crippen LogP contribution in [0.2, 0.25) is 0 Å². The molecule has 2 amide bonds. The smallest absolute Gasteiger partial charge is 0.407 e. The van der Waals surface area contributed by atoms with Crippen LogP contribution in [0.25, 0.3) is 0 Å². The molecule has 0 rings (SSSR count). The number of amides is 2. The van der Waals surface area contributed by atoms with E-state index >= 15 is 0 Å². The summed E-state index contributed by atoms with van der Waals surface area (Å²) >= 11 is 0. The summed E-state index contributed by atoms with van der Waals surface area (Å²) in [5.74, 6) is 0.0371. The molecule has 6 nitrogen and oxygen atoms in total. The number of nitrogens with zero attached hydrogens (tertiary/aromatic N) is 1. The molecular weight excluding hydrogens is 234 g/mol. The van der Waals surface area contributed by atoms with E-state index in [1.165, 1.54) is 4.90 Å². The normalized spacial score (nSPS) is 10.9. The van der Waals surface area contributed by atoms with Crippen LogP contribution in [0.3, 0.4) is 0 Å². The number of alkyl carbamates (subject to hydrolysis) is 1. The molecule has 2 N–H and O–H groups in total. The van der Waals surface area contributed by atoms with E-state index in [1.54, 1.807) is 14.1 Å². The number of carbonyl (C=O) groups excluding carboxylic acids is 2. The highest BCUT2D eigenvalue weighted by Gasteiger charge is 2.15. The van der Waals surface area contributed by atoms with Gasteiger partial charge in [0.1, 0.15) is 5.60 Å². The third kappa shape index (κ3) is 9.89. The number of rotatable bonds is 6. The molecule has 106 valence electrons. The predicted molar refractivity (Wildman–Crippen MR) is 70.4 cm³/mol. The second-order valence-corrected chi connectivity index (χ2v) is 5.25. The van der Waals surface area contributed by atoms with E-state index in [0.29, 0.717) is 19.6 Å². The minimum atomic E-state index is -0.472. The zero-order valence-electron chi connectivity index (χ0n) is 12.0. The van der Waals surface area contributed by atoms with Gasteiger partial charge in [0, 0.05) is 20.6 Å². The van der Waals surface area contributed by atoms with E-state index < -0.39 is 11.7 Å². The molecule has 6 heteroatoms. The summed E-state index contributed by atoms with van der Waals surface area (Å²) in [5.41, 5.74) is -0.472. The van der Waals surface area contributed by atoms with Crippen molar-refractivity contribution in [1.82, 2.24) is 15.5 Å². The maximum atomic E-state index is 11.3. The second kappa shape index (κ2) is 7.92. The predicted octanol–water partition coefficient (Wildman–Crippen LogP) is 0.579. The van der Waals surface area contributed by atoms with Crippen LogP contribution in [0.15, 0.2) is 0 Å². The molecule has 0 radical (unpaired) electrons. The number of nitrogens with one attached hydrogen (secondary N) is 2. The van der Waals surface area contributed by atoms with Crippen LogP contribution in [0.5, 0.6) is 0 Å². The molecule has 0 aliphatic heterocycles. The molecule has 0 unspecified atom stereocenters. The van der Waals surface area contributed by atoms with E-state index in [1.807, 2.05) is 20.8 Å². The average Bonchev–Trinajstić information content (AvgIpc) is 2.19. The third-order valence-electron chi connectivity index (χ3n) is 1.97. The Kier molecular flexibility index (Phi) is 7.35. The summed E-state index contributed by atoms with van der Waals surface area (Å²) in [6.07, 6.45) is 0.340. The van der Waals surface area contributed by atoms with E-state index in [4.69, 9.17) is 4.74 Å². The van der Waals surface area contributed by atoms with Gasteiger partial charge < -0.3 is 20.3 Å². The Hall–Kier alpha value is -1.30. The van der Waals surface area contributed by atoms with E-state index in [0.717, 1.165) is 6.42 Å². The van der Waals surface area contributed by atoms with Gasteiger partial charge in [0.15, 0.2) is 0 Å². The number of ether oxygens (including phenoxy) is 1. The highest BCUT2D eigenvalue weighted by molar-refractivity contribution is 5.77. The van der Waals surface area contributed by atoms with Crippen LogP contribution in [-0.4, -0.2) is 56.2 Å². The first-order valence-electron chi connectivity index (χ1n) is 6.10. The van der Waals surface area contributed by atoms with Crippen molar-refractivity contribution in [2.24, 2.45) is 0 Å². The summed E-state index contributed by atoms with van der Waals surface area (Å²) in [7, 11) is 3.43. The van der Waals surface area contributed by atoms with Crippen LogP contribution >= 0.6 is 0 Å². The number of likely N-dealkylation sites (N-methyl/N-ethyl adjacent to an activating group) is 1. The number of hydrogen-bond donors (Lipinski definition) is 2. The molecule has 0 aromatic carbocycles. The van der Waals surface area contributed by atoms with Crippen LogP contribution in [-0.2, 0) is 9.53 Å². The maximum Gasteiger partial charge on any atom is 0.407 e. The zero-order chi connectivity index (χ0) is 14.2. The summed E-state index contributed by atoms with van der Waals surface area (Å²) in [6.45, 7) is 6.98. The van der Waals surface area contributed by atoms with Gasteiger partial charge in [0.05, 0.1) is 6.54 Å². The molecule has 0 heterocycles. The van der Waals surface area contributed by atoms with E-state index in [9.17, 15) is 9.59 Å². The molecule has 0 saturated carbocycles. The van der Waals surface area contributed by atoms with Crippen molar-refractivity contribution in [1.29, 1.82) is 0 Å². The van der Waals surface area contributed by atoms with Crippen molar-refractivity contribution in [3.8, 4) is 0 Å². The van der Waals surface area contributed by atoms with Gasteiger partial charge in [0.25, 0.3) is 0 Å². The molecule has 0 aromatic heterocycles. The van der Waals surface area contributed by atoms with Crippen molar-refractivity contribution >= 4 is 12.0 Å². The standard InChI is InChI=1S/C12H25N3O3/c1-12(2,3)18-11(17)14-8-6-7-13-9-10(16)15(4)5/h13H,6-9H2,1-5H3,(H,14,17). The highest BCUT2D eigenvalue weighted by Crippen LogP contribution is 2.06. The molecule has 18 heavy (non-hydrogen) atoms. The summed E-state index contributed by atoms with van der Waals surface area (Å²) < 4.78 is 5.08. The lowest BCUT2D eigenvalue weighted by Gasteiger charge is -2.19. The van der Waals surface area contributed by atoms with Gasteiger partial charge >= 0.3 is 6.09 Å². The number of hydrogen-bond acceptors (Lipinski definition) is 4. The van der Waals surface area contributed by atoms with Crippen molar-refractivity contribution < 1.29 is 14.3 Å². The lowest BCUT2D eigenvalue weighted by molar-refractivity contribution is -0.127. The molecule has 0 aliphatic rings. The summed E-state index contributed by atoms with van der Waals surface area (Å²) in [4.78, 5) is 24.0. The fraction of sp³-hybridized carbons (Fsp3) is 0.833. The van der Waals surface area contributed by atoms with Gasteiger partial charge in [0.2, 0.25) is 5.91 Å². The Labute approximate surface area is 109 Å². The molecular formula is C12H25N3O3. The molecule has 0 atom stereocenters. The average molecular weight is 259 g/mol. The maximum absolute atomic E-state index is 11.3. The van der Waals surface area contributed by atoms with E-state index in [2.05, 4.69) is 10.6 Å². The minimum absolute atomic E-state index is 0.0371. The molecule has 0 aliphatic carbocycles. The first-order valence-corrected chi connectivity index (χ1v) is 6.10. The van der Waals surface area contributed by atoms with Gasteiger partial charge in [-0.2, -0.15) is 0 Å². The van der Waals surface area contributed by atoms with Crippen molar-refractivity contribution in [2.75, 3.05) is 33.7 Å². The van der Waals surface area contributed by atoms with E-state index in [-0.39, 0.29) is 5.91 Å². The molecule has 0 fully saturated rings. The monoisotopic (exact) mass is 259 g/mol. The lowest BCUT2D eigenvalue weighted by Crippen LogP contribution is -2.36. The van der Waals surface area contributed by atoms with Gasteiger partial charge in [-0.3, -0.25) is 4.79 Å². The van der Waals surface area contributed by atoms with Gasteiger partial charge in [-0.25, -0.2) is 4.79 Å². The topological polar surface area (TPSA) is 70.7 Å². The fourth-order valence-electron chi connectivity index (χ4n) is 1.07. The SMILES string of the molecule is CN(C)C(=O)CNCCCNC(=O)OC(C)(C)C. The number of carbonyl (C=O) groups is 2. The highest BCUT2D eigenvalue weighted by atomic mass is 16.6. The second-order valence-electron chi connectivity index (χ2n) is 5.25. The van der Waals surface area contributed by atoms with Crippen LogP contribution in [0, 0.1) is 0 Å². The van der Waals surface area contributed by atoms with Crippen LogP contribution in [0.4, 0.5) is 4.79 Å². The molecule has 0 spiro atoms. The fourth-order valence-corrected chi connectivity index (χ4v) is 1.07. The molecule has 0 saturated heterocycles. The molecule has 0 bridgehead atoms. The zero-order valence-corrected chi connectivity index (χ0v) is 12.0. The minimum Gasteiger partial charge on any atom is -0.444 e. The third-order valence-corrected chi connectivity index (χ3v) is 1.97. The quantitative estimate of drug-likeness (QED) is 0.685. The Morgan fingerprint density at radius 3 is 2.28 bits per heavy atom. The molecule has 0 aromatic rings. The largest absolute Gasteiger partial charge is 0.444 e. The van der Waals surface area contributed by atoms with Crippen LogP contribution < -0.4 is 10.6 Å². The Morgan fingerprint density at radius 1 is 1.17 bits per heavy atom. The van der Waals surface area contributed by atoms with Crippen molar-refractivity contribution in [3.05, 3.63) is 0 Å². The van der Waals surface area contributed by atoms with Crippen molar-refractivity contribution in [2.45, 2.75) is 32.8 Å². The first-order chi connectivity index (χ1) is 8.22. The Bertz CT molecular complexity index is 272. The Balaban J connectivity index is 3.46. The summed E-state index contributed by atoms with van der Waals surface area (Å²) in [5, 5.41) is 5.66. The summed E-state index contributed by atoms with van der Waals surface area (Å²) in [6, 6.07) is 0. The Morgan fingerprint density at radius 2 is 1.78 bits per heavy atom. The van der Waals surface area contributed by atoms with Gasteiger partial charge in [-0.05, 0) is 33.7 Å². The first kappa shape index (κ1) is 16.7. The van der Waals surface area contributed by atoms with Gasteiger partial charge in [-0.15, -0.1) is 0 Å². The van der Waals surface area contributed by atoms with Gasteiger partial charge in [-0.1, -0.05) is 0 Å².